The summed E-state index contributed by atoms with van der Waals surface area (Å²) in [6.45, 7) is 2.95. The first-order chi connectivity index (χ1) is 21.3. The SMILES string of the molecule is COc1cc(C(=O)NCC(O)(c2cc3c(c(-c4cc(F)c(F)c(Cl)c4)n2)OC[C@]3(C)C(N)=O)C2CC2)cc2cc(Cl)c(C)nc12. The molecule has 1 unspecified atom stereocenters. The Bertz CT molecular complexity index is 1900. The number of nitrogens with one attached hydrogen (secondary N) is 1. The molecule has 0 bridgehead atoms. The van der Waals surface area contributed by atoms with Gasteiger partial charge in [-0.2, -0.15) is 0 Å². The van der Waals surface area contributed by atoms with Crippen molar-refractivity contribution < 1.29 is 33.0 Å². The molecule has 4 N–H and O–H groups in total. The molecule has 3 heterocycles. The number of ether oxygens (including phenoxy) is 2. The van der Waals surface area contributed by atoms with Gasteiger partial charge in [0.1, 0.15) is 40.3 Å². The van der Waals surface area contributed by atoms with Crippen LogP contribution in [0.2, 0.25) is 10.0 Å². The van der Waals surface area contributed by atoms with E-state index in [0.29, 0.717) is 45.8 Å². The maximum atomic E-state index is 14.5. The van der Waals surface area contributed by atoms with Gasteiger partial charge in [-0.3, -0.25) is 9.59 Å². The summed E-state index contributed by atoms with van der Waals surface area (Å²) in [6.07, 6.45) is 1.27. The molecule has 1 fully saturated rings. The average Bonchev–Trinajstić information content (AvgIpc) is 3.81. The van der Waals surface area contributed by atoms with Crippen molar-refractivity contribution in [2.75, 3.05) is 20.3 Å². The van der Waals surface area contributed by atoms with Crippen molar-refractivity contribution in [3.8, 4) is 22.8 Å². The lowest BCUT2D eigenvalue weighted by molar-refractivity contribution is -0.123. The summed E-state index contributed by atoms with van der Waals surface area (Å²) >= 11 is 12.2. The molecule has 6 rings (SSSR count). The van der Waals surface area contributed by atoms with Gasteiger partial charge in [0.25, 0.3) is 5.91 Å². The van der Waals surface area contributed by atoms with Gasteiger partial charge in [-0.1, -0.05) is 23.2 Å². The minimum Gasteiger partial charge on any atom is -0.494 e. The van der Waals surface area contributed by atoms with E-state index < -0.39 is 39.5 Å². The first-order valence-corrected chi connectivity index (χ1v) is 14.8. The molecule has 13 heteroatoms. The van der Waals surface area contributed by atoms with Gasteiger partial charge in [-0.25, -0.2) is 18.7 Å². The number of amides is 2. The Kier molecular flexibility index (Phi) is 7.62. The third-order valence-corrected chi connectivity index (χ3v) is 9.24. The quantitative estimate of drug-likeness (QED) is 0.217. The Morgan fingerprint density at radius 3 is 2.53 bits per heavy atom. The highest BCUT2D eigenvalue weighted by Gasteiger charge is 2.50. The van der Waals surface area contributed by atoms with E-state index in [1.807, 2.05) is 0 Å². The Balaban J connectivity index is 1.42. The predicted octanol–water partition coefficient (Wildman–Crippen LogP) is 5.36. The van der Waals surface area contributed by atoms with E-state index in [2.05, 4.69) is 15.3 Å². The zero-order valence-electron chi connectivity index (χ0n) is 24.4. The number of aliphatic hydroxyl groups is 1. The van der Waals surface area contributed by atoms with E-state index in [-0.39, 0.29) is 47.3 Å². The fourth-order valence-corrected chi connectivity index (χ4v) is 5.99. The molecule has 2 aromatic carbocycles. The van der Waals surface area contributed by atoms with E-state index in [0.717, 1.165) is 6.07 Å². The summed E-state index contributed by atoms with van der Waals surface area (Å²) < 4.78 is 39.9. The Hall–Kier alpha value is -4.06. The normalized spacial score (nSPS) is 18.7. The number of primary amides is 1. The minimum atomic E-state index is -1.72. The number of fused-ring (bicyclic) bond motifs is 2. The highest BCUT2D eigenvalue weighted by Crippen LogP contribution is 2.50. The Morgan fingerprint density at radius 1 is 1.16 bits per heavy atom. The fraction of sp³-hybridized carbons (Fsp3) is 0.312. The number of halogens is 4. The molecule has 1 aliphatic carbocycles. The molecule has 2 aliphatic rings. The third kappa shape index (κ3) is 5.22. The van der Waals surface area contributed by atoms with Gasteiger partial charge in [0, 0.05) is 22.1 Å². The second-order valence-corrected chi connectivity index (χ2v) is 12.5. The number of nitrogens with zero attached hydrogens (tertiary/aromatic N) is 2. The summed E-state index contributed by atoms with van der Waals surface area (Å²) in [5.41, 5.74) is 4.65. The molecule has 234 valence electrons. The summed E-state index contributed by atoms with van der Waals surface area (Å²) in [4.78, 5) is 35.2. The van der Waals surface area contributed by atoms with Crippen molar-refractivity contribution >= 4 is 45.9 Å². The highest BCUT2D eigenvalue weighted by molar-refractivity contribution is 6.32. The summed E-state index contributed by atoms with van der Waals surface area (Å²) in [6, 6.07) is 8.47. The number of aromatic nitrogens is 2. The smallest absolute Gasteiger partial charge is 0.251 e. The van der Waals surface area contributed by atoms with Crippen molar-refractivity contribution in [3.63, 3.8) is 0 Å². The monoisotopic (exact) mass is 656 g/mol. The highest BCUT2D eigenvalue weighted by atomic mass is 35.5. The standard InChI is InChI=1S/C32H28Cl2F2N4O5/c1-14-20(33)7-15-6-17(10-23(44-3)26(15)39-14)29(41)38-12-32(43,18-4-5-18)24-11-19-28(45-13-31(19,2)30(37)42)27(40-24)16-8-21(34)25(36)22(35)9-16/h6-11,18,43H,4-5,12-13H2,1-3H3,(H2,37,42)(H,38,41)/t31-,32?/m0/s1. The maximum absolute atomic E-state index is 14.5. The molecule has 2 amide bonds. The lowest BCUT2D eigenvalue weighted by Crippen LogP contribution is -2.44. The van der Waals surface area contributed by atoms with E-state index in [1.165, 1.54) is 19.2 Å². The van der Waals surface area contributed by atoms with Crippen LogP contribution in [0.15, 0.2) is 36.4 Å². The lowest BCUT2D eigenvalue weighted by atomic mass is 9.81. The van der Waals surface area contributed by atoms with Gasteiger partial charge < -0.3 is 25.6 Å². The van der Waals surface area contributed by atoms with Crippen LogP contribution in [-0.2, 0) is 15.8 Å². The van der Waals surface area contributed by atoms with Crippen LogP contribution in [0.5, 0.6) is 11.5 Å². The van der Waals surface area contributed by atoms with Gasteiger partial charge in [0.15, 0.2) is 11.6 Å². The molecule has 2 atom stereocenters. The van der Waals surface area contributed by atoms with Crippen molar-refractivity contribution in [2.24, 2.45) is 11.7 Å². The fourth-order valence-electron chi connectivity index (χ4n) is 5.63. The van der Waals surface area contributed by atoms with Crippen LogP contribution >= 0.6 is 23.2 Å². The minimum absolute atomic E-state index is 0.0395. The van der Waals surface area contributed by atoms with Crippen molar-refractivity contribution in [3.05, 3.63) is 80.6 Å². The molecule has 1 saturated carbocycles. The summed E-state index contributed by atoms with van der Waals surface area (Å²) in [5, 5.41) is 15.5. The second-order valence-electron chi connectivity index (χ2n) is 11.7. The third-order valence-electron chi connectivity index (χ3n) is 8.58. The van der Waals surface area contributed by atoms with E-state index >= 15 is 0 Å². The molecular formula is C32H28Cl2F2N4O5. The lowest BCUT2D eigenvalue weighted by Gasteiger charge is -2.30. The molecule has 9 nitrogen and oxygen atoms in total. The molecule has 1 aliphatic heterocycles. The number of pyridine rings is 2. The molecular weight excluding hydrogens is 629 g/mol. The van der Waals surface area contributed by atoms with Crippen LogP contribution < -0.4 is 20.5 Å². The molecule has 2 aromatic heterocycles. The molecule has 4 aromatic rings. The van der Waals surface area contributed by atoms with Gasteiger partial charge >= 0.3 is 0 Å². The van der Waals surface area contributed by atoms with Crippen molar-refractivity contribution in [1.82, 2.24) is 15.3 Å². The van der Waals surface area contributed by atoms with Gasteiger partial charge in [0.05, 0.1) is 35.1 Å². The topological polar surface area (TPSA) is 137 Å². The van der Waals surface area contributed by atoms with Crippen LogP contribution in [0.3, 0.4) is 0 Å². The Labute approximate surface area is 266 Å². The summed E-state index contributed by atoms with van der Waals surface area (Å²) in [5.74, 6) is -3.44. The number of aryl methyl sites for hydroxylation is 1. The largest absolute Gasteiger partial charge is 0.494 e. The van der Waals surface area contributed by atoms with Crippen LogP contribution in [-0.4, -0.2) is 47.2 Å². The number of rotatable bonds is 8. The first-order valence-electron chi connectivity index (χ1n) is 14.1. The van der Waals surface area contributed by atoms with E-state index in [4.69, 9.17) is 38.4 Å². The number of nitrogens with two attached hydrogens (primary N) is 1. The van der Waals surface area contributed by atoms with E-state index in [9.17, 15) is 23.5 Å². The van der Waals surface area contributed by atoms with Gasteiger partial charge in [-0.15, -0.1) is 0 Å². The molecule has 0 spiro atoms. The van der Waals surface area contributed by atoms with Crippen molar-refractivity contribution in [2.45, 2.75) is 37.7 Å². The average molecular weight is 658 g/mol. The van der Waals surface area contributed by atoms with Crippen LogP contribution in [0.1, 0.15) is 47.1 Å². The number of hydrogen-bond donors (Lipinski definition) is 3. The molecule has 0 radical (unpaired) electrons. The number of carbonyl (C=O) groups excluding carboxylic acids is 2. The first kappa shape index (κ1) is 30.9. The number of benzene rings is 2. The van der Waals surface area contributed by atoms with Crippen molar-refractivity contribution in [1.29, 1.82) is 0 Å². The van der Waals surface area contributed by atoms with Crippen LogP contribution in [0.4, 0.5) is 8.78 Å². The van der Waals surface area contributed by atoms with Crippen LogP contribution in [0, 0.1) is 24.5 Å². The predicted molar refractivity (Wildman–Crippen MR) is 164 cm³/mol. The molecule has 45 heavy (non-hydrogen) atoms. The molecule has 0 saturated heterocycles. The zero-order valence-corrected chi connectivity index (χ0v) is 25.9. The number of hydrogen-bond acceptors (Lipinski definition) is 7. The van der Waals surface area contributed by atoms with E-state index in [1.54, 1.807) is 32.0 Å². The Morgan fingerprint density at radius 2 is 1.89 bits per heavy atom. The number of carbonyl (C=O) groups is 2. The maximum Gasteiger partial charge on any atom is 0.251 e. The van der Waals surface area contributed by atoms with Gasteiger partial charge in [-0.05, 0) is 69.0 Å². The van der Waals surface area contributed by atoms with Crippen LogP contribution in [0.25, 0.3) is 22.2 Å². The zero-order chi connectivity index (χ0) is 32.4. The number of methoxy groups -OCH3 is 1. The summed E-state index contributed by atoms with van der Waals surface area (Å²) in [7, 11) is 1.47. The second kappa shape index (κ2) is 11.1. The van der Waals surface area contributed by atoms with Gasteiger partial charge in [0.2, 0.25) is 5.91 Å².